The Labute approximate surface area is 98.5 Å². The van der Waals surface area contributed by atoms with Gasteiger partial charge in [-0.25, -0.2) is 4.39 Å². The van der Waals surface area contributed by atoms with Gasteiger partial charge in [0.25, 0.3) is 0 Å². The summed E-state index contributed by atoms with van der Waals surface area (Å²) in [7, 11) is 0. The third-order valence-electron chi connectivity index (χ3n) is 2.33. The first-order valence-corrected chi connectivity index (χ1v) is 5.77. The second kappa shape index (κ2) is 4.58. The number of benzene rings is 2. The van der Waals surface area contributed by atoms with Crippen LogP contribution in [-0.2, 0) is 0 Å². The Morgan fingerprint density at radius 2 is 1.69 bits per heavy atom. The van der Waals surface area contributed by atoms with Crippen LogP contribution in [0.4, 0.5) is 10.1 Å². The van der Waals surface area contributed by atoms with E-state index in [1.54, 1.807) is 6.07 Å². The molecule has 0 heterocycles. The molecule has 0 spiro atoms. The smallest absolute Gasteiger partial charge is 0.147 e. The maximum atomic E-state index is 13.2. The lowest BCUT2D eigenvalue weighted by Crippen LogP contribution is -1.92. The van der Waals surface area contributed by atoms with Crippen molar-refractivity contribution in [3.05, 3.63) is 53.8 Å². The van der Waals surface area contributed by atoms with Gasteiger partial charge in [-0.05, 0) is 30.7 Å². The molecule has 16 heavy (non-hydrogen) atoms. The van der Waals surface area contributed by atoms with Crippen LogP contribution in [0.2, 0.25) is 0 Å². The Balaban J connectivity index is 2.35. The van der Waals surface area contributed by atoms with Gasteiger partial charge in [0, 0.05) is 9.79 Å². The number of rotatable bonds is 2. The van der Waals surface area contributed by atoms with Crippen molar-refractivity contribution in [2.75, 3.05) is 5.73 Å². The molecule has 0 atom stereocenters. The van der Waals surface area contributed by atoms with E-state index in [2.05, 4.69) is 0 Å². The van der Waals surface area contributed by atoms with E-state index in [0.29, 0.717) is 0 Å². The molecular weight excluding hydrogens is 221 g/mol. The quantitative estimate of drug-likeness (QED) is 0.797. The highest BCUT2D eigenvalue weighted by atomic mass is 32.2. The fourth-order valence-corrected chi connectivity index (χ4v) is 2.36. The molecule has 2 rings (SSSR count). The van der Waals surface area contributed by atoms with Crippen LogP contribution >= 0.6 is 11.8 Å². The lowest BCUT2D eigenvalue weighted by Gasteiger charge is -2.07. The number of nitrogen functional groups attached to an aromatic ring is 1. The number of aryl methyl sites for hydroxylation is 1. The van der Waals surface area contributed by atoms with Crippen molar-refractivity contribution in [2.45, 2.75) is 16.7 Å². The molecule has 0 aliphatic heterocycles. The van der Waals surface area contributed by atoms with Crippen molar-refractivity contribution in [3.8, 4) is 0 Å². The molecule has 2 N–H and O–H groups in total. The molecule has 0 unspecified atom stereocenters. The average Bonchev–Trinajstić information content (AvgIpc) is 2.28. The van der Waals surface area contributed by atoms with E-state index in [9.17, 15) is 4.39 Å². The van der Waals surface area contributed by atoms with Gasteiger partial charge in [0.05, 0.1) is 5.69 Å². The highest BCUT2D eigenvalue weighted by Gasteiger charge is 2.06. The molecule has 0 fully saturated rings. The van der Waals surface area contributed by atoms with E-state index in [0.717, 1.165) is 15.4 Å². The third-order valence-corrected chi connectivity index (χ3v) is 3.58. The van der Waals surface area contributed by atoms with E-state index < -0.39 is 0 Å². The van der Waals surface area contributed by atoms with E-state index in [4.69, 9.17) is 5.73 Å². The van der Waals surface area contributed by atoms with Gasteiger partial charge in [0.15, 0.2) is 0 Å². The Bertz CT molecular complexity index is 511. The highest BCUT2D eigenvalue weighted by molar-refractivity contribution is 7.99. The summed E-state index contributed by atoms with van der Waals surface area (Å²) < 4.78 is 13.2. The maximum Gasteiger partial charge on any atom is 0.147 e. The average molecular weight is 233 g/mol. The molecule has 0 saturated carbocycles. The molecule has 0 bridgehead atoms. The lowest BCUT2D eigenvalue weighted by atomic mass is 10.2. The molecule has 2 aromatic carbocycles. The minimum atomic E-state index is -0.362. The first-order chi connectivity index (χ1) is 7.68. The lowest BCUT2D eigenvalue weighted by molar-refractivity contribution is 0.629. The van der Waals surface area contributed by atoms with Crippen molar-refractivity contribution in [2.24, 2.45) is 0 Å². The summed E-state index contributed by atoms with van der Waals surface area (Å²) in [6, 6.07) is 12.8. The second-order valence-electron chi connectivity index (χ2n) is 3.52. The van der Waals surface area contributed by atoms with Gasteiger partial charge in [0.1, 0.15) is 5.82 Å². The molecule has 0 saturated heterocycles. The fraction of sp³-hybridized carbons (Fsp3) is 0.0769. The highest BCUT2D eigenvalue weighted by Crippen LogP contribution is 2.34. The predicted octanol–water partition coefficient (Wildman–Crippen LogP) is 3.87. The molecular formula is C13H12FNS. The molecule has 0 radical (unpaired) electrons. The van der Waals surface area contributed by atoms with E-state index in [-0.39, 0.29) is 11.5 Å². The van der Waals surface area contributed by atoms with E-state index >= 15 is 0 Å². The zero-order valence-corrected chi connectivity index (χ0v) is 9.72. The van der Waals surface area contributed by atoms with Crippen molar-refractivity contribution < 1.29 is 4.39 Å². The number of hydrogen-bond acceptors (Lipinski definition) is 2. The van der Waals surface area contributed by atoms with E-state index in [1.165, 1.54) is 17.8 Å². The van der Waals surface area contributed by atoms with Crippen molar-refractivity contribution in [3.63, 3.8) is 0 Å². The van der Waals surface area contributed by atoms with Gasteiger partial charge in [-0.15, -0.1) is 0 Å². The van der Waals surface area contributed by atoms with Crippen LogP contribution in [0.1, 0.15) is 5.56 Å². The number of hydrogen-bond donors (Lipinski definition) is 1. The molecule has 0 amide bonds. The van der Waals surface area contributed by atoms with Crippen LogP contribution in [0.3, 0.4) is 0 Å². The topological polar surface area (TPSA) is 26.0 Å². The summed E-state index contributed by atoms with van der Waals surface area (Å²) in [6.45, 7) is 2.03. The van der Waals surface area contributed by atoms with Crippen molar-refractivity contribution in [1.29, 1.82) is 0 Å². The monoisotopic (exact) mass is 233 g/mol. The molecule has 82 valence electrons. The SMILES string of the molecule is Cc1ccccc1Sc1cccc(F)c1N. The molecule has 0 aromatic heterocycles. The number of nitrogens with two attached hydrogens (primary N) is 1. The second-order valence-corrected chi connectivity index (χ2v) is 4.60. The Hall–Kier alpha value is -1.48. The standard InChI is InChI=1S/C13H12FNS/c1-9-5-2-3-7-11(9)16-12-8-4-6-10(14)13(12)15/h2-8H,15H2,1H3. The molecule has 1 nitrogen and oxygen atoms in total. The third kappa shape index (κ3) is 2.19. The van der Waals surface area contributed by atoms with Gasteiger partial charge in [-0.1, -0.05) is 36.0 Å². The Morgan fingerprint density at radius 3 is 2.44 bits per heavy atom. The van der Waals surface area contributed by atoms with Gasteiger partial charge in [0.2, 0.25) is 0 Å². The Morgan fingerprint density at radius 1 is 1.00 bits per heavy atom. The summed E-state index contributed by atoms with van der Waals surface area (Å²) in [6.07, 6.45) is 0. The first-order valence-electron chi connectivity index (χ1n) is 4.96. The van der Waals surface area contributed by atoms with Gasteiger partial charge >= 0.3 is 0 Å². The van der Waals surface area contributed by atoms with Crippen LogP contribution in [0.25, 0.3) is 0 Å². The Kier molecular flexibility index (Phi) is 3.15. The summed E-state index contributed by atoms with van der Waals surface area (Å²) in [5.41, 5.74) is 7.07. The molecule has 2 aromatic rings. The van der Waals surface area contributed by atoms with Crippen molar-refractivity contribution in [1.82, 2.24) is 0 Å². The number of anilines is 1. The van der Waals surface area contributed by atoms with Crippen LogP contribution in [0.15, 0.2) is 52.3 Å². The summed E-state index contributed by atoms with van der Waals surface area (Å²) in [5, 5.41) is 0. The van der Waals surface area contributed by atoms with E-state index in [1.807, 2.05) is 37.3 Å². The summed E-state index contributed by atoms with van der Waals surface area (Å²) >= 11 is 1.49. The summed E-state index contributed by atoms with van der Waals surface area (Å²) in [4.78, 5) is 1.86. The maximum absolute atomic E-state index is 13.2. The van der Waals surface area contributed by atoms with Gasteiger partial charge < -0.3 is 5.73 Å². The minimum Gasteiger partial charge on any atom is -0.395 e. The van der Waals surface area contributed by atoms with Gasteiger partial charge in [-0.2, -0.15) is 0 Å². The van der Waals surface area contributed by atoms with Crippen molar-refractivity contribution >= 4 is 17.4 Å². The molecule has 0 aliphatic carbocycles. The number of para-hydroxylation sites is 1. The van der Waals surface area contributed by atoms with Crippen LogP contribution in [0, 0.1) is 12.7 Å². The zero-order chi connectivity index (χ0) is 11.5. The molecule has 3 heteroatoms. The zero-order valence-electron chi connectivity index (χ0n) is 8.91. The van der Waals surface area contributed by atoms with Crippen LogP contribution < -0.4 is 5.73 Å². The predicted molar refractivity (Wildman–Crippen MR) is 66.1 cm³/mol. The normalized spacial score (nSPS) is 10.4. The molecule has 0 aliphatic rings. The largest absolute Gasteiger partial charge is 0.395 e. The van der Waals surface area contributed by atoms with Gasteiger partial charge in [-0.3, -0.25) is 0 Å². The number of halogens is 1. The van der Waals surface area contributed by atoms with Crippen LogP contribution in [0.5, 0.6) is 0 Å². The van der Waals surface area contributed by atoms with Crippen LogP contribution in [-0.4, -0.2) is 0 Å². The minimum absolute atomic E-state index is 0.218. The summed E-state index contributed by atoms with van der Waals surface area (Å²) in [5.74, 6) is -0.362. The fourth-order valence-electron chi connectivity index (χ4n) is 1.40. The first kappa shape index (κ1) is 11.0.